The zero-order valence-corrected chi connectivity index (χ0v) is 24.9. The summed E-state index contributed by atoms with van der Waals surface area (Å²) >= 11 is 0. The van der Waals surface area contributed by atoms with Crippen molar-refractivity contribution in [3.63, 3.8) is 0 Å². The van der Waals surface area contributed by atoms with Gasteiger partial charge in [-0.1, -0.05) is 0 Å². The van der Waals surface area contributed by atoms with Crippen LogP contribution in [0.15, 0.2) is 0 Å². The number of hydrogen-bond donors (Lipinski definition) is 1. The SMILES string of the molecule is Br.CC1CN(C(=O)OC(C)(C)C)CCN(C(=O)OC(C)(C)C)CCNCCN1C(=O)OC(C)(C)C. The van der Waals surface area contributed by atoms with Gasteiger partial charge in [-0.2, -0.15) is 0 Å². The van der Waals surface area contributed by atoms with E-state index >= 15 is 0 Å². The van der Waals surface area contributed by atoms with E-state index < -0.39 is 35.1 Å². The van der Waals surface area contributed by atoms with Crippen molar-refractivity contribution < 1.29 is 28.6 Å². The normalized spacial score (nSPS) is 19.0. The van der Waals surface area contributed by atoms with Crippen LogP contribution in [0.1, 0.15) is 69.2 Å². The van der Waals surface area contributed by atoms with Crippen molar-refractivity contribution in [2.45, 2.75) is 92.1 Å². The predicted octanol–water partition coefficient (Wildman–Crippen LogP) is 4.27. The Kier molecular flexibility index (Phi) is 12.9. The third kappa shape index (κ3) is 13.8. The number of carbonyl (C=O) groups excluding carboxylic acids is 3. The molecule has 1 N–H and O–H groups in total. The van der Waals surface area contributed by atoms with Gasteiger partial charge in [0.15, 0.2) is 0 Å². The lowest BCUT2D eigenvalue weighted by molar-refractivity contribution is 0.000617. The number of hydrogen-bond acceptors (Lipinski definition) is 7. The topological polar surface area (TPSA) is 101 Å². The lowest BCUT2D eigenvalue weighted by Crippen LogP contribution is -2.53. The molecule has 35 heavy (non-hydrogen) atoms. The van der Waals surface area contributed by atoms with Gasteiger partial charge in [0.1, 0.15) is 16.8 Å². The highest BCUT2D eigenvalue weighted by molar-refractivity contribution is 8.93. The molecule has 0 aromatic carbocycles. The molecule has 1 rings (SSSR count). The fourth-order valence-corrected chi connectivity index (χ4v) is 3.21. The molecule has 0 aliphatic carbocycles. The van der Waals surface area contributed by atoms with Gasteiger partial charge in [0.2, 0.25) is 0 Å². The average Bonchev–Trinajstić information content (AvgIpc) is 2.59. The first kappa shape index (κ1) is 33.2. The molecular formula is C24H47BrN4O6. The summed E-state index contributed by atoms with van der Waals surface area (Å²) in [6.07, 6.45) is -1.36. The molecule has 1 atom stereocenters. The van der Waals surface area contributed by atoms with Crippen LogP contribution in [-0.4, -0.2) is 102 Å². The van der Waals surface area contributed by atoms with E-state index in [1.54, 1.807) is 35.5 Å². The first-order valence-corrected chi connectivity index (χ1v) is 12.0. The maximum Gasteiger partial charge on any atom is 0.410 e. The molecule has 0 saturated carbocycles. The van der Waals surface area contributed by atoms with E-state index in [9.17, 15) is 14.4 Å². The largest absolute Gasteiger partial charge is 0.444 e. The summed E-state index contributed by atoms with van der Waals surface area (Å²) in [5, 5.41) is 3.28. The number of rotatable bonds is 0. The maximum absolute atomic E-state index is 13.0. The van der Waals surface area contributed by atoms with Crippen LogP contribution in [-0.2, 0) is 14.2 Å². The first-order chi connectivity index (χ1) is 15.4. The Hall–Kier alpha value is -1.75. The standard InChI is InChI=1S/C24H46N4O6.BrH/c1-18-17-27(20(30)33-23(5,6)7)16-15-26(19(29)32-22(2,3)4)13-11-25-12-14-28(18)21(31)34-24(8,9)10;/h18,25H,11-17H2,1-10H3;1H. The molecule has 0 bridgehead atoms. The molecule has 10 nitrogen and oxygen atoms in total. The summed E-state index contributed by atoms with van der Waals surface area (Å²) in [5.41, 5.74) is -1.93. The molecule has 206 valence electrons. The Morgan fingerprint density at radius 1 is 0.657 bits per heavy atom. The monoisotopic (exact) mass is 566 g/mol. The average molecular weight is 568 g/mol. The lowest BCUT2D eigenvalue weighted by atomic mass is 10.2. The molecule has 1 heterocycles. The highest BCUT2D eigenvalue weighted by Crippen LogP contribution is 2.16. The van der Waals surface area contributed by atoms with E-state index in [0.29, 0.717) is 26.2 Å². The molecule has 1 saturated heterocycles. The number of nitrogens with one attached hydrogen (secondary N) is 1. The second-order valence-electron chi connectivity index (χ2n) is 11.7. The van der Waals surface area contributed by atoms with Crippen molar-refractivity contribution in [2.75, 3.05) is 45.8 Å². The smallest absolute Gasteiger partial charge is 0.410 e. The van der Waals surface area contributed by atoms with Gasteiger partial charge in [-0.15, -0.1) is 17.0 Å². The molecule has 11 heteroatoms. The van der Waals surface area contributed by atoms with Gasteiger partial charge < -0.3 is 34.2 Å². The van der Waals surface area contributed by atoms with Crippen molar-refractivity contribution in [3.8, 4) is 0 Å². The molecule has 3 amide bonds. The van der Waals surface area contributed by atoms with Gasteiger partial charge >= 0.3 is 18.3 Å². The van der Waals surface area contributed by atoms with Gasteiger partial charge in [0, 0.05) is 45.8 Å². The Labute approximate surface area is 221 Å². The Morgan fingerprint density at radius 2 is 1.06 bits per heavy atom. The van der Waals surface area contributed by atoms with Crippen LogP contribution in [0.3, 0.4) is 0 Å². The third-order valence-electron chi connectivity index (χ3n) is 4.68. The molecule has 1 unspecified atom stereocenters. The summed E-state index contributed by atoms with van der Waals surface area (Å²) in [7, 11) is 0. The quantitative estimate of drug-likeness (QED) is 0.437. The van der Waals surface area contributed by atoms with Crippen LogP contribution in [0.4, 0.5) is 14.4 Å². The van der Waals surface area contributed by atoms with E-state index in [2.05, 4.69) is 5.32 Å². The van der Waals surface area contributed by atoms with Gasteiger partial charge in [0.25, 0.3) is 0 Å². The Morgan fingerprint density at radius 3 is 1.54 bits per heavy atom. The highest BCUT2D eigenvalue weighted by Gasteiger charge is 2.31. The molecule has 0 aromatic heterocycles. The van der Waals surface area contributed by atoms with Crippen LogP contribution in [0, 0.1) is 0 Å². The van der Waals surface area contributed by atoms with Crippen molar-refractivity contribution in [1.82, 2.24) is 20.0 Å². The number of ether oxygens (including phenoxy) is 3. The molecule has 1 aliphatic heterocycles. The minimum atomic E-state index is -0.677. The summed E-state index contributed by atoms with van der Waals surface area (Å²) in [5.74, 6) is 0. The molecular weight excluding hydrogens is 520 g/mol. The van der Waals surface area contributed by atoms with Crippen molar-refractivity contribution in [1.29, 1.82) is 0 Å². The first-order valence-electron chi connectivity index (χ1n) is 12.0. The summed E-state index contributed by atoms with van der Waals surface area (Å²) in [6, 6.07) is -0.335. The minimum absolute atomic E-state index is 0. The lowest BCUT2D eigenvalue weighted by Gasteiger charge is -2.37. The van der Waals surface area contributed by atoms with Crippen molar-refractivity contribution >= 4 is 35.3 Å². The van der Waals surface area contributed by atoms with Crippen LogP contribution < -0.4 is 5.32 Å². The van der Waals surface area contributed by atoms with Crippen molar-refractivity contribution in [3.05, 3.63) is 0 Å². The van der Waals surface area contributed by atoms with E-state index in [1.165, 1.54) is 0 Å². The van der Waals surface area contributed by atoms with Crippen LogP contribution in [0.2, 0.25) is 0 Å². The molecule has 1 fully saturated rings. The highest BCUT2D eigenvalue weighted by atomic mass is 79.9. The zero-order valence-electron chi connectivity index (χ0n) is 23.2. The molecule has 0 radical (unpaired) electrons. The van der Waals surface area contributed by atoms with Crippen LogP contribution in [0.5, 0.6) is 0 Å². The van der Waals surface area contributed by atoms with Gasteiger partial charge in [-0.25, -0.2) is 14.4 Å². The molecule has 1 aliphatic rings. The van der Waals surface area contributed by atoms with E-state index in [-0.39, 0.29) is 42.7 Å². The Balaban J connectivity index is 0.0000116. The van der Waals surface area contributed by atoms with E-state index in [4.69, 9.17) is 14.2 Å². The van der Waals surface area contributed by atoms with Crippen LogP contribution in [0.25, 0.3) is 0 Å². The fraction of sp³-hybridized carbons (Fsp3) is 0.875. The fourth-order valence-electron chi connectivity index (χ4n) is 3.21. The second kappa shape index (κ2) is 13.5. The minimum Gasteiger partial charge on any atom is -0.444 e. The number of amides is 3. The van der Waals surface area contributed by atoms with Crippen LogP contribution >= 0.6 is 17.0 Å². The van der Waals surface area contributed by atoms with Gasteiger partial charge in [-0.3, -0.25) is 0 Å². The molecule has 0 aromatic rings. The third-order valence-corrected chi connectivity index (χ3v) is 4.68. The van der Waals surface area contributed by atoms with Crippen molar-refractivity contribution in [2.24, 2.45) is 0 Å². The van der Waals surface area contributed by atoms with E-state index in [0.717, 1.165) is 0 Å². The number of nitrogens with zero attached hydrogens (tertiary/aromatic N) is 3. The Bertz CT molecular complexity index is 700. The summed E-state index contributed by atoms with van der Waals surface area (Å²) < 4.78 is 16.8. The van der Waals surface area contributed by atoms with E-state index in [1.807, 2.05) is 48.5 Å². The predicted molar refractivity (Wildman–Crippen MR) is 141 cm³/mol. The van der Waals surface area contributed by atoms with Gasteiger partial charge in [-0.05, 0) is 69.2 Å². The molecule has 0 spiro atoms. The number of carbonyl (C=O) groups is 3. The van der Waals surface area contributed by atoms with Gasteiger partial charge in [0.05, 0.1) is 6.04 Å². The zero-order chi connectivity index (χ0) is 26.3. The maximum atomic E-state index is 13.0. The second-order valence-corrected chi connectivity index (χ2v) is 11.7. The number of halogens is 1. The summed E-state index contributed by atoms with van der Waals surface area (Å²) in [4.78, 5) is 43.4. The summed E-state index contributed by atoms with van der Waals surface area (Å²) in [6.45, 7) is 20.8.